The van der Waals surface area contributed by atoms with Gasteiger partial charge < -0.3 is 10.2 Å². The molecule has 0 saturated carbocycles. The molecule has 16 heavy (non-hydrogen) atoms. The van der Waals surface area contributed by atoms with Crippen LogP contribution >= 0.6 is 0 Å². The van der Waals surface area contributed by atoms with Gasteiger partial charge in [0.05, 0.1) is 5.69 Å². The van der Waals surface area contributed by atoms with Crippen molar-refractivity contribution in [2.45, 2.75) is 33.2 Å². The number of nitrogens with one attached hydrogen (secondary N) is 2. The lowest BCUT2D eigenvalue weighted by Gasteiger charge is -2.21. The lowest BCUT2D eigenvalue weighted by atomic mass is 10.2. The molecule has 4 heteroatoms. The Kier molecular flexibility index (Phi) is 6.11. The molecule has 1 heterocycles. The predicted octanol–water partition coefficient (Wildman–Crippen LogP) is 1.79. The molecule has 0 radical (unpaired) electrons. The molecule has 2 N–H and O–H groups in total. The lowest BCUT2D eigenvalue weighted by Crippen LogP contribution is -2.33. The monoisotopic (exact) mass is 224 g/mol. The lowest BCUT2D eigenvalue weighted by molar-refractivity contribution is 0.283. The Morgan fingerprint density at radius 3 is 2.81 bits per heavy atom. The van der Waals surface area contributed by atoms with Gasteiger partial charge in [-0.15, -0.1) is 0 Å². The van der Waals surface area contributed by atoms with Gasteiger partial charge in [0.25, 0.3) is 0 Å². The summed E-state index contributed by atoms with van der Waals surface area (Å²) in [6.45, 7) is 11.1. The number of H-pyrrole nitrogens is 1. The van der Waals surface area contributed by atoms with Crippen molar-refractivity contribution in [3.05, 3.63) is 18.0 Å². The molecule has 1 aromatic rings. The summed E-state index contributed by atoms with van der Waals surface area (Å²) in [5.41, 5.74) is 1.15. The van der Waals surface area contributed by atoms with Crippen LogP contribution in [0.15, 0.2) is 12.3 Å². The van der Waals surface area contributed by atoms with Crippen LogP contribution < -0.4 is 5.32 Å². The van der Waals surface area contributed by atoms with E-state index in [2.05, 4.69) is 41.2 Å². The molecule has 1 unspecified atom stereocenters. The number of hydrogen-bond donors (Lipinski definition) is 2. The maximum Gasteiger partial charge on any atom is 0.0518 e. The molecule has 0 spiro atoms. The Hall–Kier alpha value is -0.870. The maximum absolute atomic E-state index is 3.96. The SMILES string of the molecule is CCCN(CC)CCNC(C)c1ccn[nH]1. The molecule has 1 rings (SSSR count). The second-order valence-electron chi connectivity index (χ2n) is 4.12. The van der Waals surface area contributed by atoms with Gasteiger partial charge in [0.1, 0.15) is 0 Å². The summed E-state index contributed by atoms with van der Waals surface area (Å²) in [4.78, 5) is 2.46. The van der Waals surface area contributed by atoms with E-state index in [-0.39, 0.29) is 0 Å². The molecular weight excluding hydrogens is 200 g/mol. The van der Waals surface area contributed by atoms with Crippen LogP contribution in [0.3, 0.4) is 0 Å². The van der Waals surface area contributed by atoms with Crippen molar-refractivity contribution in [1.29, 1.82) is 0 Å². The highest BCUT2D eigenvalue weighted by Gasteiger charge is 2.06. The van der Waals surface area contributed by atoms with Crippen LogP contribution in [-0.4, -0.2) is 41.3 Å². The van der Waals surface area contributed by atoms with Crippen molar-refractivity contribution < 1.29 is 0 Å². The van der Waals surface area contributed by atoms with Crippen LogP contribution in [0.1, 0.15) is 38.9 Å². The summed E-state index contributed by atoms with van der Waals surface area (Å²) >= 11 is 0. The van der Waals surface area contributed by atoms with Crippen LogP contribution in [0.2, 0.25) is 0 Å². The molecule has 0 fully saturated rings. The molecule has 1 aromatic heterocycles. The largest absolute Gasteiger partial charge is 0.308 e. The quantitative estimate of drug-likeness (QED) is 0.707. The predicted molar refractivity (Wildman–Crippen MR) is 67.4 cm³/mol. The zero-order valence-electron chi connectivity index (χ0n) is 10.7. The van der Waals surface area contributed by atoms with Gasteiger partial charge in [-0.1, -0.05) is 13.8 Å². The Labute approximate surface area is 98.4 Å². The molecule has 0 amide bonds. The second-order valence-corrected chi connectivity index (χ2v) is 4.12. The average Bonchev–Trinajstić information content (AvgIpc) is 2.81. The Bertz CT molecular complexity index is 258. The van der Waals surface area contributed by atoms with Crippen molar-refractivity contribution in [2.24, 2.45) is 0 Å². The van der Waals surface area contributed by atoms with E-state index < -0.39 is 0 Å². The first-order valence-electron chi connectivity index (χ1n) is 6.22. The van der Waals surface area contributed by atoms with Gasteiger partial charge in [-0.05, 0) is 32.5 Å². The summed E-state index contributed by atoms with van der Waals surface area (Å²) < 4.78 is 0. The van der Waals surface area contributed by atoms with Gasteiger partial charge in [-0.2, -0.15) is 5.10 Å². The highest BCUT2D eigenvalue weighted by atomic mass is 15.1. The molecule has 92 valence electrons. The van der Waals surface area contributed by atoms with Crippen molar-refractivity contribution in [3.63, 3.8) is 0 Å². The van der Waals surface area contributed by atoms with E-state index in [0.717, 1.165) is 25.3 Å². The van der Waals surface area contributed by atoms with Crippen LogP contribution in [-0.2, 0) is 0 Å². The fraction of sp³-hybridized carbons (Fsp3) is 0.750. The van der Waals surface area contributed by atoms with Crippen molar-refractivity contribution in [2.75, 3.05) is 26.2 Å². The second kappa shape index (κ2) is 7.41. The van der Waals surface area contributed by atoms with Crippen molar-refractivity contribution >= 4 is 0 Å². The minimum atomic E-state index is 0.350. The zero-order chi connectivity index (χ0) is 11.8. The minimum absolute atomic E-state index is 0.350. The highest BCUT2D eigenvalue weighted by molar-refractivity contribution is 5.02. The van der Waals surface area contributed by atoms with Crippen LogP contribution in [0, 0.1) is 0 Å². The van der Waals surface area contributed by atoms with Gasteiger partial charge in [-0.3, -0.25) is 5.10 Å². The number of likely N-dealkylation sites (N-methyl/N-ethyl adjacent to an activating group) is 1. The van der Waals surface area contributed by atoms with Crippen LogP contribution in [0.5, 0.6) is 0 Å². The summed E-state index contributed by atoms with van der Waals surface area (Å²) in [6.07, 6.45) is 3.02. The summed E-state index contributed by atoms with van der Waals surface area (Å²) in [7, 11) is 0. The third-order valence-corrected chi connectivity index (χ3v) is 2.85. The third-order valence-electron chi connectivity index (χ3n) is 2.85. The maximum atomic E-state index is 3.96. The molecule has 4 nitrogen and oxygen atoms in total. The van der Waals surface area contributed by atoms with Gasteiger partial charge in [0.2, 0.25) is 0 Å². The van der Waals surface area contributed by atoms with E-state index in [1.165, 1.54) is 13.0 Å². The number of rotatable bonds is 8. The van der Waals surface area contributed by atoms with E-state index >= 15 is 0 Å². The average molecular weight is 224 g/mol. The fourth-order valence-electron chi connectivity index (χ4n) is 1.80. The van der Waals surface area contributed by atoms with E-state index in [9.17, 15) is 0 Å². The summed E-state index contributed by atoms with van der Waals surface area (Å²) in [5.74, 6) is 0. The Morgan fingerprint density at radius 1 is 1.44 bits per heavy atom. The highest BCUT2D eigenvalue weighted by Crippen LogP contribution is 2.06. The van der Waals surface area contributed by atoms with E-state index in [1.54, 1.807) is 6.20 Å². The third kappa shape index (κ3) is 4.33. The molecule has 0 bridgehead atoms. The molecule has 0 aliphatic carbocycles. The minimum Gasteiger partial charge on any atom is -0.308 e. The smallest absolute Gasteiger partial charge is 0.0518 e. The Balaban J connectivity index is 2.19. The van der Waals surface area contributed by atoms with Crippen LogP contribution in [0.25, 0.3) is 0 Å². The van der Waals surface area contributed by atoms with Crippen LogP contribution in [0.4, 0.5) is 0 Å². The number of hydrogen-bond acceptors (Lipinski definition) is 3. The first kappa shape index (κ1) is 13.2. The Morgan fingerprint density at radius 2 is 2.25 bits per heavy atom. The zero-order valence-corrected chi connectivity index (χ0v) is 10.7. The molecular formula is C12H24N4. The van der Waals surface area contributed by atoms with E-state index in [1.807, 2.05) is 6.07 Å². The van der Waals surface area contributed by atoms with E-state index in [0.29, 0.717) is 6.04 Å². The van der Waals surface area contributed by atoms with Crippen molar-refractivity contribution in [1.82, 2.24) is 20.4 Å². The van der Waals surface area contributed by atoms with E-state index in [4.69, 9.17) is 0 Å². The standard InChI is InChI=1S/C12H24N4/c1-4-9-16(5-2)10-8-13-11(3)12-6-7-14-15-12/h6-7,11,13H,4-5,8-10H2,1-3H3,(H,14,15). The molecule has 0 aromatic carbocycles. The summed E-state index contributed by atoms with van der Waals surface area (Å²) in [6, 6.07) is 2.37. The molecule has 1 atom stereocenters. The number of nitrogens with zero attached hydrogens (tertiary/aromatic N) is 2. The topological polar surface area (TPSA) is 44.0 Å². The van der Waals surface area contributed by atoms with Gasteiger partial charge in [-0.25, -0.2) is 0 Å². The van der Waals surface area contributed by atoms with Gasteiger partial charge in [0, 0.05) is 25.3 Å². The van der Waals surface area contributed by atoms with Crippen molar-refractivity contribution in [3.8, 4) is 0 Å². The van der Waals surface area contributed by atoms with Gasteiger partial charge in [0.15, 0.2) is 0 Å². The van der Waals surface area contributed by atoms with Gasteiger partial charge >= 0.3 is 0 Å². The normalized spacial score (nSPS) is 13.2. The first-order chi connectivity index (χ1) is 7.77. The fourth-order valence-corrected chi connectivity index (χ4v) is 1.80. The number of aromatic amines is 1. The summed E-state index contributed by atoms with van der Waals surface area (Å²) in [5, 5.41) is 10.4. The number of aromatic nitrogens is 2. The first-order valence-corrected chi connectivity index (χ1v) is 6.22. The molecule has 0 aliphatic rings. The molecule has 0 saturated heterocycles. The molecule has 0 aliphatic heterocycles.